The number of para-hydroxylation sites is 1. The lowest BCUT2D eigenvalue weighted by Gasteiger charge is -2.13. The summed E-state index contributed by atoms with van der Waals surface area (Å²) < 4.78 is 6.97. The van der Waals surface area contributed by atoms with E-state index >= 15 is 0 Å². The smallest absolute Gasteiger partial charge is 0.332 e. The van der Waals surface area contributed by atoms with Gasteiger partial charge in [-0.05, 0) is 25.0 Å². The predicted octanol–water partition coefficient (Wildman–Crippen LogP) is 1.36. The van der Waals surface area contributed by atoms with Crippen molar-refractivity contribution < 1.29 is 9.53 Å². The number of benzene rings is 1. The molecule has 6 nitrogen and oxygen atoms in total. The Labute approximate surface area is 131 Å². The number of fused-ring (bicyclic) bond motifs is 1. The lowest BCUT2D eigenvalue weighted by Crippen LogP contribution is -2.42. The van der Waals surface area contributed by atoms with Crippen molar-refractivity contribution in [3.05, 3.63) is 45.1 Å². The largest absolute Gasteiger partial charge is 0.468 e. The fourth-order valence-corrected chi connectivity index (χ4v) is 2.47. The lowest BCUT2D eigenvalue weighted by atomic mass is 10.2. The molecule has 0 aliphatic rings. The van der Waals surface area contributed by atoms with Crippen molar-refractivity contribution in [2.24, 2.45) is 0 Å². The third kappa shape index (κ3) is 3.22. The summed E-state index contributed by atoms with van der Waals surface area (Å²) in [6.45, 7) is 0.0437. The molecule has 0 aliphatic carbocycles. The van der Waals surface area contributed by atoms with Crippen LogP contribution in [0.2, 0.25) is 0 Å². The fourth-order valence-electron chi connectivity index (χ4n) is 2.28. The molecule has 1 aromatic heterocycles. The summed E-state index contributed by atoms with van der Waals surface area (Å²) in [6.07, 6.45) is 1.47. The summed E-state index contributed by atoms with van der Waals surface area (Å²) in [4.78, 5) is 36.4. The first-order chi connectivity index (χ1) is 10.6. The minimum absolute atomic E-state index is 0.394. The number of aromatic nitrogens is 2. The molecule has 0 saturated heterocycles. The number of methoxy groups -OCH3 is 1. The van der Waals surface area contributed by atoms with E-state index in [0.29, 0.717) is 29.7 Å². The van der Waals surface area contributed by atoms with E-state index in [4.69, 9.17) is 11.6 Å². The van der Waals surface area contributed by atoms with Crippen LogP contribution < -0.4 is 11.2 Å². The van der Waals surface area contributed by atoms with Crippen LogP contribution in [0.1, 0.15) is 12.8 Å². The molecule has 118 valence electrons. The van der Waals surface area contributed by atoms with Gasteiger partial charge in [0.2, 0.25) is 0 Å². The van der Waals surface area contributed by atoms with Crippen LogP contribution in [0.25, 0.3) is 10.9 Å². The van der Waals surface area contributed by atoms with Gasteiger partial charge in [-0.2, -0.15) is 0 Å². The number of rotatable bonds is 6. The molecule has 2 aromatic rings. The van der Waals surface area contributed by atoms with Gasteiger partial charge < -0.3 is 4.74 Å². The molecule has 0 saturated carbocycles. The molecule has 0 aliphatic heterocycles. The number of carbonyl (C=O) groups excluding carboxylic acids is 1. The van der Waals surface area contributed by atoms with E-state index in [0.717, 1.165) is 11.0 Å². The Kier molecular flexibility index (Phi) is 5.38. The molecule has 0 bridgehead atoms. The zero-order valence-electron chi connectivity index (χ0n) is 12.3. The number of hydrogen-bond acceptors (Lipinski definition) is 4. The van der Waals surface area contributed by atoms with Gasteiger partial charge in [0, 0.05) is 12.4 Å². The van der Waals surface area contributed by atoms with Crippen LogP contribution in [-0.2, 0) is 22.6 Å². The van der Waals surface area contributed by atoms with Crippen molar-refractivity contribution in [3.8, 4) is 0 Å². The molecule has 0 radical (unpaired) electrons. The lowest BCUT2D eigenvalue weighted by molar-refractivity contribution is -0.141. The average Bonchev–Trinajstić information content (AvgIpc) is 2.54. The van der Waals surface area contributed by atoms with Crippen molar-refractivity contribution in [2.45, 2.75) is 25.9 Å². The average molecular weight is 325 g/mol. The third-order valence-electron chi connectivity index (χ3n) is 3.41. The Hall–Kier alpha value is -2.08. The van der Waals surface area contributed by atoms with E-state index in [1.54, 1.807) is 24.3 Å². The van der Waals surface area contributed by atoms with Crippen LogP contribution in [0.5, 0.6) is 0 Å². The second kappa shape index (κ2) is 7.26. The molecule has 0 N–H and O–H groups in total. The Bertz CT molecular complexity index is 794. The second-order valence-electron chi connectivity index (χ2n) is 4.81. The molecule has 7 heteroatoms. The van der Waals surface area contributed by atoms with Gasteiger partial charge in [-0.25, -0.2) is 9.36 Å². The Morgan fingerprint density at radius 1 is 1.18 bits per heavy atom. The van der Waals surface area contributed by atoms with Gasteiger partial charge in [-0.3, -0.25) is 14.2 Å². The van der Waals surface area contributed by atoms with Crippen LogP contribution in [-0.4, -0.2) is 28.1 Å². The summed E-state index contributed by atoms with van der Waals surface area (Å²) in [5, 5.41) is 0.400. The highest BCUT2D eigenvalue weighted by molar-refractivity contribution is 6.17. The first kappa shape index (κ1) is 16.3. The summed E-state index contributed by atoms with van der Waals surface area (Å²) in [5.74, 6) is -0.129. The summed E-state index contributed by atoms with van der Waals surface area (Å²) >= 11 is 5.67. The van der Waals surface area contributed by atoms with Crippen LogP contribution in [0.15, 0.2) is 33.9 Å². The van der Waals surface area contributed by atoms with Crippen LogP contribution in [0, 0.1) is 0 Å². The van der Waals surface area contributed by atoms with E-state index in [9.17, 15) is 14.4 Å². The quantitative estimate of drug-likeness (QED) is 0.457. The van der Waals surface area contributed by atoms with E-state index in [-0.39, 0.29) is 0 Å². The number of carbonyl (C=O) groups is 1. The number of unbranched alkanes of at least 4 members (excludes halogenated alkanes) is 1. The van der Waals surface area contributed by atoms with Gasteiger partial charge in [0.15, 0.2) is 0 Å². The van der Waals surface area contributed by atoms with Gasteiger partial charge in [-0.1, -0.05) is 12.1 Å². The van der Waals surface area contributed by atoms with Gasteiger partial charge in [0.05, 0.1) is 18.0 Å². The zero-order valence-corrected chi connectivity index (χ0v) is 13.0. The number of aryl methyl sites for hydroxylation is 1. The highest BCUT2D eigenvalue weighted by Crippen LogP contribution is 2.08. The van der Waals surface area contributed by atoms with Crippen molar-refractivity contribution in [2.75, 3.05) is 13.0 Å². The number of halogens is 1. The Morgan fingerprint density at radius 2 is 1.91 bits per heavy atom. The number of nitrogens with zero attached hydrogens (tertiary/aromatic N) is 2. The maximum atomic E-state index is 12.5. The maximum absolute atomic E-state index is 12.5. The Balaban J connectivity index is 2.62. The van der Waals surface area contributed by atoms with E-state index in [2.05, 4.69) is 4.74 Å². The van der Waals surface area contributed by atoms with E-state index in [1.165, 1.54) is 11.7 Å². The van der Waals surface area contributed by atoms with Crippen LogP contribution in [0.3, 0.4) is 0 Å². The van der Waals surface area contributed by atoms with Crippen LogP contribution in [0.4, 0.5) is 0 Å². The van der Waals surface area contributed by atoms with Gasteiger partial charge in [-0.15, -0.1) is 11.6 Å². The molecule has 0 spiro atoms. The normalized spacial score (nSPS) is 10.8. The number of hydrogen-bond donors (Lipinski definition) is 0. The van der Waals surface area contributed by atoms with Gasteiger partial charge >= 0.3 is 11.7 Å². The molecule has 1 heterocycles. The molecular formula is C15H17ClN2O4. The highest BCUT2D eigenvalue weighted by atomic mass is 35.5. The molecule has 0 amide bonds. The monoisotopic (exact) mass is 324 g/mol. The van der Waals surface area contributed by atoms with Gasteiger partial charge in [0.1, 0.15) is 6.54 Å². The van der Waals surface area contributed by atoms with Crippen molar-refractivity contribution >= 4 is 28.5 Å². The molecule has 0 atom stereocenters. The predicted molar refractivity (Wildman–Crippen MR) is 84.4 cm³/mol. The molecule has 2 rings (SSSR count). The van der Waals surface area contributed by atoms with Crippen molar-refractivity contribution in [1.29, 1.82) is 0 Å². The topological polar surface area (TPSA) is 70.3 Å². The minimum atomic E-state index is -0.637. The number of esters is 1. The number of alkyl halides is 1. The zero-order chi connectivity index (χ0) is 16.1. The standard InChI is InChI=1S/C15H17ClN2O4/c1-22-13(19)10-18-14(20)11-6-2-3-7-12(11)17(15(18)21)9-5-4-8-16/h2-3,6-7H,4-5,8-10H2,1H3. The van der Waals surface area contributed by atoms with Crippen molar-refractivity contribution in [3.63, 3.8) is 0 Å². The molecule has 22 heavy (non-hydrogen) atoms. The first-order valence-electron chi connectivity index (χ1n) is 6.95. The van der Waals surface area contributed by atoms with Crippen molar-refractivity contribution in [1.82, 2.24) is 9.13 Å². The molecule has 0 unspecified atom stereocenters. The van der Waals surface area contributed by atoms with E-state index < -0.39 is 23.8 Å². The second-order valence-corrected chi connectivity index (χ2v) is 5.19. The number of ether oxygens (including phenoxy) is 1. The summed E-state index contributed by atoms with van der Waals surface area (Å²) in [6, 6.07) is 6.86. The highest BCUT2D eigenvalue weighted by Gasteiger charge is 2.15. The molecular weight excluding hydrogens is 308 g/mol. The maximum Gasteiger partial charge on any atom is 0.332 e. The van der Waals surface area contributed by atoms with Crippen LogP contribution >= 0.6 is 11.6 Å². The molecule has 0 fully saturated rings. The SMILES string of the molecule is COC(=O)Cn1c(=O)c2ccccc2n(CCCCCl)c1=O. The fraction of sp³-hybridized carbons (Fsp3) is 0.400. The molecule has 1 aromatic carbocycles. The third-order valence-corrected chi connectivity index (χ3v) is 3.68. The first-order valence-corrected chi connectivity index (χ1v) is 7.48. The Morgan fingerprint density at radius 3 is 2.59 bits per heavy atom. The summed E-state index contributed by atoms with van der Waals surface area (Å²) in [5.41, 5.74) is -0.434. The van der Waals surface area contributed by atoms with Gasteiger partial charge in [0.25, 0.3) is 5.56 Å². The van der Waals surface area contributed by atoms with E-state index in [1.807, 2.05) is 0 Å². The minimum Gasteiger partial charge on any atom is -0.468 e. The summed E-state index contributed by atoms with van der Waals surface area (Å²) in [7, 11) is 1.22.